The average Bonchev–Trinajstić information content (AvgIpc) is 2.62. The van der Waals surface area contributed by atoms with Crippen LogP contribution in [0.1, 0.15) is 11.1 Å². The molecule has 0 bridgehead atoms. The summed E-state index contributed by atoms with van der Waals surface area (Å²) < 4.78 is 4.96. The maximum absolute atomic E-state index is 11.8. The number of halogens is 2. The maximum Gasteiger partial charge on any atom is 0.329 e. The number of hydrazone groups is 1. The number of nitrogens with one attached hydrogen (secondary N) is 2. The smallest absolute Gasteiger partial charge is 0.329 e. The van der Waals surface area contributed by atoms with Crippen LogP contribution in [0.25, 0.3) is 0 Å². The standard InChI is InChI=1S/C17H15Cl2N3O4/c1-26-15-6-10(2-5-14(15)23)8-21-22-17(25)16(24)20-9-11-3-4-12(18)7-13(11)19/h2-8,23H,9H2,1H3,(H,20,24)(H,22,25)/b21-8+. The number of nitrogens with zero attached hydrogens (tertiary/aromatic N) is 1. The summed E-state index contributed by atoms with van der Waals surface area (Å²) in [5.41, 5.74) is 3.29. The molecule has 0 aliphatic rings. The summed E-state index contributed by atoms with van der Waals surface area (Å²) in [6, 6.07) is 9.33. The lowest BCUT2D eigenvalue weighted by Crippen LogP contribution is -2.37. The number of carbonyl (C=O) groups is 2. The zero-order valence-corrected chi connectivity index (χ0v) is 15.1. The highest BCUT2D eigenvalue weighted by molar-refractivity contribution is 6.36. The van der Waals surface area contributed by atoms with Crippen molar-refractivity contribution in [1.29, 1.82) is 0 Å². The minimum absolute atomic E-state index is 0.0195. The lowest BCUT2D eigenvalue weighted by atomic mass is 10.2. The van der Waals surface area contributed by atoms with Gasteiger partial charge in [0.2, 0.25) is 0 Å². The number of hydrogen-bond donors (Lipinski definition) is 3. The fourth-order valence-corrected chi connectivity index (χ4v) is 2.39. The molecule has 136 valence electrons. The van der Waals surface area contributed by atoms with Crippen molar-refractivity contribution in [3.8, 4) is 11.5 Å². The van der Waals surface area contributed by atoms with Gasteiger partial charge in [0, 0.05) is 16.6 Å². The van der Waals surface area contributed by atoms with Crippen LogP contribution in [0.4, 0.5) is 0 Å². The molecular formula is C17H15Cl2N3O4. The van der Waals surface area contributed by atoms with E-state index < -0.39 is 11.8 Å². The second-order valence-corrected chi connectivity index (χ2v) is 5.89. The van der Waals surface area contributed by atoms with Crippen LogP contribution < -0.4 is 15.5 Å². The van der Waals surface area contributed by atoms with Gasteiger partial charge < -0.3 is 15.2 Å². The Kier molecular flexibility index (Phi) is 6.82. The first-order valence-electron chi connectivity index (χ1n) is 7.33. The molecule has 3 N–H and O–H groups in total. The van der Waals surface area contributed by atoms with Crippen molar-refractivity contribution in [3.63, 3.8) is 0 Å². The third-order valence-corrected chi connectivity index (χ3v) is 3.83. The SMILES string of the molecule is COc1cc(/C=N/NC(=O)C(=O)NCc2ccc(Cl)cc2Cl)ccc1O. The lowest BCUT2D eigenvalue weighted by molar-refractivity contribution is -0.139. The molecule has 0 saturated carbocycles. The largest absolute Gasteiger partial charge is 0.504 e. The first-order chi connectivity index (χ1) is 12.4. The van der Waals surface area contributed by atoms with Crippen molar-refractivity contribution in [2.45, 2.75) is 6.54 Å². The van der Waals surface area contributed by atoms with Crippen LogP contribution in [-0.4, -0.2) is 30.2 Å². The van der Waals surface area contributed by atoms with E-state index in [9.17, 15) is 14.7 Å². The number of hydrogen-bond acceptors (Lipinski definition) is 5. The summed E-state index contributed by atoms with van der Waals surface area (Å²) >= 11 is 11.8. The first-order valence-corrected chi connectivity index (χ1v) is 8.08. The van der Waals surface area contributed by atoms with Crippen molar-refractivity contribution in [1.82, 2.24) is 10.7 Å². The second-order valence-electron chi connectivity index (χ2n) is 5.05. The number of aromatic hydroxyl groups is 1. The van der Waals surface area contributed by atoms with Gasteiger partial charge in [-0.2, -0.15) is 5.10 Å². The van der Waals surface area contributed by atoms with Crippen LogP contribution in [0.5, 0.6) is 11.5 Å². The van der Waals surface area contributed by atoms with Crippen molar-refractivity contribution in [2.75, 3.05) is 7.11 Å². The highest BCUT2D eigenvalue weighted by Gasteiger charge is 2.13. The minimum Gasteiger partial charge on any atom is -0.504 e. The Morgan fingerprint density at radius 2 is 1.96 bits per heavy atom. The fourth-order valence-electron chi connectivity index (χ4n) is 1.91. The van der Waals surface area contributed by atoms with Crippen LogP contribution in [0, 0.1) is 0 Å². The molecular weight excluding hydrogens is 381 g/mol. The Morgan fingerprint density at radius 1 is 1.19 bits per heavy atom. The number of amides is 2. The number of benzene rings is 2. The summed E-state index contributed by atoms with van der Waals surface area (Å²) in [6.45, 7) is 0.0706. The molecule has 9 heteroatoms. The van der Waals surface area contributed by atoms with Gasteiger partial charge >= 0.3 is 11.8 Å². The van der Waals surface area contributed by atoms with E-state index in [-0.39, 0.29) is 18.0 Å². The summed E-state index contributed by atoms with van der Waals surface area (Å²) in [5.74, 6) is -1.56. The molecule has 0 aliphatic heterocycles. The highest BCUT2D eigenvalue weighted by Crippen LogP contribution is 2.25. The molecule has 26 heavy (non-hydrogen) atoms. The van der Waals surface area contributed by atoms with Crippen molar-refractivity contribution in [3.05, 3.63) is 57.6 Å². The Morgan fingerprint density at radius 3 is 2.65 bits per heavy atom. The van der Waals surface area contributed by atoms with Crippen molar-refractivity contribution < 1.29 is 19.4 Å². The second kappa shape index (κ2) is 9.07. The number of methoxy groups -OCH3 is 1. The number of rotatable bonds is 5. The number of carbonyl (C=O) groups excluding carboxylic acids is 2. The fraction of sp³-hybridized carbons (Fsp3) is 0.118. The summed E-state index contributed by atoms with van der Waals surface area (Å²) in [6.07, 6.45) is 1.31. The number of phenolic OH excluding ortho intramolecular Hbond substituents is 1. The van der Waals surface area contributed by atoms with E-state index in [4.69, 9.17) is 27.9 Å². The Balaban J connectivity index is 1.87. The Hall–Kier alpha value is -2.77. The van der Waals surface area contributed by atoms with Crippen molar-refractivity contribution in [2.24, 2.45) is 5.10 Å². The summed E-state index contributed by atoms with van der Waals surface area (Å²) in [7, 11) is 1.41. The third kappa shape index (κ3) is 5.37. The van der Waals surface area contributed by atoms with Gasteiger partial charge in [0.05, 0.1) is 13.3 Å². The highest BCUT2D eigenvalue weighted by atomic mass is 35.5. The van der Waals surface area contributed by atoms with Gasteiger partial charge in [-0.25, -0.2) is 5.43 Å². The normalized spacial score (nSPS) is 10.6. The van der Waals surface area contributed by atoms with E-state index in [2.05, 4.69) is 15.8 Å². The van der Waals surface area contributed by atoms with Crippen LogP contribution in [0.15, 0.2) is 41.5 Å². The zero-order valence-electron chi connectivity index (χ0n) is 13.6. The van der Waals surface area contributed by atoms with Gasteiger partial charge in [-0.1, -0.05) is 29.3 Å². The monoisotopic (exact) mass is 395 g/mol. The molecule has 0 saturated heterocycles. The van der Waals surface area contributed by atoms with Gasteiger partial charge in [-0.15, -0.1) is 0 Å². The molecule has 2 rings (SSSR count). The van der Waals surface area contributed by atoms with Gasteiger partial charge in [0.1, 0.15) is 0 Å². The third-order valence-electron chi connectivity index (χ3n) is 3.24. The summed E-state index contributed by atoms with van der Waals surface area (Å²) in [5, 5.41) is 16.5. The number of ether oxygens (including phenoxy) is 1. The molecule has 0 spiro atoms. The molecule has 0 radical (unpaired) electrons. The molecule has 0 unspecified atom stereocenters. The minimum atomic E-state index is -0.933. The Labute approximate surface area is 159 Å². The summed E-state index contributed by atoms with van der Waals surface area (Å²) in [4.78, 5) is 23.5. The Bertz CT molecular complexity index is 856. The molecule has 0 aromatic heterocycles. The predicted octanol–water partition coefficient (Wildman–Crippen LogP) is 2.47. The van der Waals surface area contributed by atoms with Gasteiger partial charge in [0.15, 0.2) is 11.5 Å². The molecule has 2 amide bonds. The van der Waals surface area contributed by atoms with Crippen LogP contribution >= 0.6 is 23.2 Å². The number of phenols is 1. The molecule has 7 nitrogen and oxygen atoms in total. The van der Waals surface area contributed by atoms with E-state index >= 15 is 0 Å². The van der Waals surface area contributed by atoms with E-state index in [1.807, 2.05) is 0 Å². The molecule has 0 aliphatic carbocycles. The maximum atomic E-state index is 11.8. The van der Waals surface area contributed by atoms with Gasteiger partial charge in [-0.05, 0) is 41.5 Å². The van der Waals surface area contributed by atoms with Crippen LogP contribution in [0.2, 0.25) is 10.0 Å². The van der Waals surface area contributed by atoms with Crippen LogP contribution in [0.3, 0.4) is 0 Å². The van der Waals surface area contributed by atoms with E-state index in [1.165, 1.54) is 25.5 Å². The van der Waals surface area contributed by atoms with Crippen molar-refractivity contribution >= 4 is 41.2 Å². The quantitative estimate of drug-likeness (QED) is 0.411. The van der Waals surface area contributed by atoms with E-state index in [0.717, 1.165) is 0 Å². The predicted molar refractivity (Wildman–Crippen MR) is 98.7 cm³/mol. The topological polar surface area (TPSA) is 100 Å². The molecule has 2 aromatic rings. The average molecular weight is 396 g/mol. The van der Waals surface area contributed by atoms with E-state index in [0.29, 0.717) is 21.2 Å². The molecule has 0 atom stereocenters. The lowest BCUT2D eigenvalue weighted by Gasteiger charge is -2.06. The van der Waals surface area contributed by atoms with Gasteiger partial charge in [0.25, 0.3) is 0 Å². The molecule has 0 fully saturated rings. The molecule has 2 aromatic carbocycles. The van der Waals surface area contributed by atoms with E-state index in [1.54, 1.807) is 24.3 Å². The zero-order chi connectivity index (χ0) is 19.1. The van der Waals surface area contributed by atoms with Gasteiger partial charge in [-0.3, -0.25) is 9.59 Å². The first kappa shape index (κ1) is 19.6. The molecule has 0 heterocycles. The van der Waals surface area contributed by atoms with Crippen LogP contribution in [-0.2, 0) is 16.1 Å².